The molecule has 0 spiro atoms. The van der Waals surface area contributed by atoms with Crippen LogP contribution in [0.15, 0.2) is 23.9 Å². The van der Waals surface area contributed by atoms with Crippen molar-refractivity contribution in [2.24, 2.45) is 5.16 Å². The van der Waals surface area contributed by atoms with Gasteiger partial charge < -0.3 is 9.57 Å². The second kappa shape index (κ2) is 5.95. The summed E-state index contributed by atoms with van der Waals surface area (Å²) < 4.78 is 5.35. The van der Waals surface area contributed by atoms with E-state index in [1.165, 1.54) is 6.33 Å². The Bertz CT molecular complexity index is 314. The van der Waals surface area contributed by atoms with Crippen molar-refractivity contribution in [2.45, 2.75) is 33.3 Å². The summed E-state index contributed by atoms with van der Waals surface area (Å²) in [7, 11) is 0. The van der Waals surface area contributed by atoms with Gasteiger partial charge in [-0.3, -0.25) is 0 Å². The molecule has 0 radical (unpaired) electrons. The SMILES string of the molecule is CC.CC1CC(Oc2cncnc2)=NO1. The number of ether oxygens (including phenoxy) is 1. The highest BCUT2D eigenvalue weighted by molar-refractivity contribution is 5.79. The Hall–Kier alpha value is -1.65. The van der Waals surface area contributed by atoms with Crippen LogP contribution in [0.2, 0.25) is 0 Å². The molecule has 1 unspecified atom stereocenters. The van der Waals surface area contributed by atoms with Gasteiger partial charge in [0, 0.05) is 0 Å². The molecule has 5 heteroatoms. The van der Waals surface area contributed by atoms with Crippen molar-refractivity contribution in [3.8, 4) is 5.75 Å². The van der Waals surface area contributed by atoms with Crippen molar-refractivity contribution < 1.29 is 9.57 Å². The van der Waals surface area contributed by atoms with Crippen LogP contribution in [0.4, 0.5) is 0 Å². The molecule has 0 amide bonds. The molecule has 1 atom stereocenters. The normalized spacial score (nSPS) is 18.3. The van der Waals surface area contributed by atoms with Gasteiger partial charge in [-0.25, -0.2) is 9.97 Å². The fourth-order valence-corrected chi connectivity index (χ4v) is 1.00. The molecule has 0 fully saturated rings. The highest BCUT2D eigenvalue weighted by Crippen LogP contribution is 2.13. The zero-order chi connectivity index (χ0) is 11.1. The van der Waals surface area contributed by atoms with Crippen LogP contribution in [0.5, 0.6) is 5.75 Å². The van der Waals surface area contributed by atoms with Crippen molar-refractivity contribution in [2.75, 3.05) is 0 Å². The third-order valence-electron chi connectivity index (χ3n) is 1.57. The average molecular weight is 209 g/mol. The Morgan fingerprint density at radius 3 is 2.53 bits per heavy atom. The summed E-state index contributed by atoms with van der Waals surface area (Å²) in [5.41, 5.74) is 0. The predicted molar refractivity (Wildman–Crippen MR) is 56.6 cm³/mol. The van der Waals surface area contributed by atoms with E-state index < -0.39 is 0 Å². The van der Waals surface area contributed by atoms with E-state index in [0.717, 1.165) is 0 Å². The number of hydrogen-bond acceptors (Lipinski definition) is 5. The molecule has 0 aliphatic carbocycles. The van der Waals surface area contributed by atoms with Gasteiger partial charge in [0.1, 0.15) is 12.4 Å². The van der Waals surface area contributed by atoms with E-state index in [0.29, 0.717) is 18.1 Å². The zero-order valence-corrected chi connectivity index (χ0v) is 9.17. The first kappa shape index (κ1) is 11.4. The van der Waals surface area contributed by atoms with Crippen LogP contribution in [0, 0.1) is 0 Å². The fourth-order valence-electron chi connectivity index (χ4n) is 1.00. The van der Waals surface area contributed by atoms with Gasteiger partial charge in [-0.2, -0.15) is 0 Å². The maximum absolute atomic E-state index is 5.35. The summed E-state index contributed by atoms with van der Waals surface area (Å²) in [6.45, 7) is 5.93. The number of rotatable bonds is 1. The lowest BCUT2D eigenvalue weighted by atomic mass is 10.3. The summed E-state index contributed by atoms with van der Waals surface area (Å²) in [5.74, 6) is 1.15. The smallest absolute Gasteiger partial charge is 0.235 e. The van der Waals surface area contributed by atoms with Crippen LogP contribution in [0.1, 0.15) is 27.2 Å². The summed E-state index contributed by atoms with van der Waals surface area (Å²) in [5, 5.41) is 3.75. The first-order valence-corrected chi connectivity index (χ1v) is 5.00. The summed E-state index contributed by atoms with van der Waals surface area (Å²) in [4.78, 5) is 12.6. The molecule has 1 aliphatic rings. The van der Waals surface area contributed by atoms with Crippen molar-refractivity contribution >= 4 is 5.90 Å². The third-order valence-corrected chi connectivity index (χ3v) is 1.57. The highest BCUT2D eigenvalue weighted by Gasteiger charge is 2.17. The van der Waals surface area contributed by atoms with E-state index >= 15 is 0 Å². The van der Waals surface area contributed by atoms with Gasteiger partial charge in [-0.05, 0) is 6.92 Å². The second-order valence-corrected chi connectivity index (χ2v) is 2.78. The third kappa shape index (κ3) is 3.53. The summed E-state index contributed by atoms with van der Waals surface area (Å²) in [6, 6.07) is 0. The molecule has 15 heavy (non-hydrogen) atoms. The quantitative estimate of drug-likeness (QED) is 0.709. The topological polar surface area (TPSA) is 56.6 Å². The van der Waals surface area contributed by atoms with Gasteiger partial charge in [0.2, 0.25) is 5.90 Å². The maximum atomic E-state index is 5.35. The Labute approximate surface area is 89.1 Å². The van der Waals surface area contributed by atoms with Crippen molar-refractivity contribution in [3.05, 3.63) is 18.7 Å². The lowest BCUT2D eigenvalue weighted by Crippen LogP contribution is -2.08. The van der Waals surface area contributed by atoms with Crippen molar-refractivity contribution in [3.63, 3.8) is 0 Å². The minimum absolute atomic E-state index is 0.0969. The van der Waals surface area contributed by atoms with E-state index in [2.05, 4.69) is 15.1 Å². The fraction of sp³-hybridized carbons (Fsp3) is 0.500. The molecule has 2 rings (SSSR count). The summed E-state index contributed by atoms with van der Waals surface area (Å²) >= 11 is 0. The van der Waals surface area contributed by atoms with Crippen molar-refractivity contribution in [1.29, 1.82) is 0 Å². The molecule has 5 nitrogen and oxygen atoms in total. The number of nitrogens with zero attached hydrogens (tertiary/aromatic N) is 3. The summed E-state index contributed by atoms with van der Waals surface area (Å²) in [6.07, 6.45) is 5.40. The Morgan fingerprint density at radius 2 is 2.00 bits per heavy atom. The lowest BCUT2D eigenvalue weighted by molar-refractivity contribution is 0.0992. The lowest BCUT2D eigenvalue weighted by Gasteiger charge is -2.00. The van der Waals surface area contributed by atoms with Gasteiger partial charge in [0.15, 0.2) is 5.75 Å². The minimum Gasteiger partial charge on any atom is -0.436 e. The molecule has 0 N–H and O–H groups in total. The van der Waals surface area contributed by atoms with Crippen LogP contribution in [-0.2, 0) is 4.84 Å². The van der Waals surface area contributed by atoms with E-state index in [1.54, 1.807) is 12.4 Å². The van der Waals surface area contributed by atoms with Crippen molar-refractivity contribution in [1.82, 2.24) is 9.97 Å². The molecule has 0 saturated heterocycles. The molecular formula is C10H15N3O2. The molecule has 1 aromatic rings. The van der Waals surface area contributed by atoms with Crippen LogP contribution in [0.3, 0.4) is 0 Å². The maximum Gasteiger partial charge on any atom is 0.235 e. The highest BCUT2D eigenvalue weighted by atomic mass is 16.7. The van der Waals surface area contributed by atoms with E-state index in [-0.39, 0.29) is 6.10 Å². The van der Waals surface area contributed by atoms with E-state index in [4.69, 9.17) is 9.57 Å². The van der Waals surface area contributed by atoms with Crippen LogP contribution in [0.25, 0.3) is 0 Å². The molecule has 0 aromatic carbocycles. The first-order chi connectivity index (χ1) is 7.34. The average Bonchev–Trinajstić information content (AvgIpc) is 2.68. The Balaban J connectivity index is 0.000000531. The molecule has 2 heterocycles. The first-order valence-electron chi connectivity index (χ1n) is 5.00. The molecule has 0 bridgehead atoms. The van der Waals surface area contributed by atoms with E-state index in [9.17, 15) is 0 Å². The predicted octanol–water partition coefficient (Wildman–Crippen LogP) is 2.00. The number of oxime groups is 1. The molecule has 82 valence electrons. The second-order valence-electron chi connectivity index (χ2n) is 2.78. The van der Waals surface area contributed by atoms with Gasteiger partial charge in [-0.1, -0.05) is 19.0 Å². The van der Waals surface area contributed by atoms with Crippen LogP contribution >= 0.6 is 0 Å². The van der Waals surface area contributed by atoms with Gasteiger partial charge in [0.25, 0.3) is 0 Å². The van der Waals surface area contributed by atoms with Crippen LogP contribution in [-0.4, -0.2) is 22.0 Å². The molecular weight excluding hydrogens is 194 g/mol. The minimum atomic E-state index is 0.0969. The van der Waals surface area contributed by atoms with E-state index in [1.807, 2.05) is 20.8 Å². The van der Waals surface area contributed by atoms with Gasteiger partial charge in [0.05, 0.1) is 18.8 Å². The zero-order valence-electron chi connectivity index (χ0n) is 9.17. The Morgan fingerprint density at radius 1 is 1.33 bits per heavy atom. The number of hydrogen-bond donors (Lipinski definition) is 0. The van der Waals surface area contributed by atoms with Gasteiger partial charge >= 0.3 is 0 Å². The molecule has 0 saturated carbocycles. The molecule has 1 aliphatic heterocycles. The molecule has 1 aromatic heterocycles. The monoisotopic (exact) mass is 209 g/mol. The standard InChI is InChI=1S/C8H9N3O2.C2H6/c1-6-2-8(11-13-6)12-7-3-9-5-10-4-7;1-2/h3-6H,2H2,1H3;1-2H3. The Kier molecular flexibility index (Phi) is 4.53. The van der Waals surface area contributed by atoms with Crippen LogP contribution < -0.4 is 4.74 Å². The van der Waals surface area contributed by atoms with Gasteiger partial charge in [-0.15, -0.1) is 0 Å². The largest absolute Gasteiger partial charge is 0.436 e. The number of aromatic nitrogens is 2.